The SMILES string of the molecule is O=C1C[C@]2(CCN(Cc3ccco3)C2)CN1c1cccnc1. The summed E-state index contributed by atoms with van der Waals surface area (Å²) < 4.78 is 5.43. The first-order valence-corrected chi connectivity index (χ1v) is 7.69. The van der Waals surface area contributed by atoms with Crippen LogP contribution in [0.4, 0.5) is 5.69 Å². The van der Waals surface area contributed by atoms with E-state index in [4.69, 9.17) is 4.42 Å². The Balaban J connectivity index is 1.46. The minimum Gasteiger partial charge on any atom is -0.468 e. The highest BCUT2D eigenvalue weighted by Gasteiger charge is 2.47. The Labute approximate surface area is 129 Å². The summed E-state index contributed by atoms with van der Waals surface area (Å²) >= 11 is 0. The molecule has 0 N–H and O–H groups in total. The van der Waals surface area contributed by atoms with Crippen LogP contribution >= 0.6 is 0 Å². The zero-order chi connectivity index (χ0) is 15.0. The highest BCUT2D eigenvalue weighted by molar-refractivity contribution is 5.96. The predicted molar refractivity (Wildman–Crippen MR) is 82.2 cm³/mol. The molecule has 5 nitrogen and oxygen atoms in total. The van der Waals surface area contributed by atoms with E-state index in [1.165, 1.54) is 0 Å². The molecular formula is C17H19N3O2. The van der Waals surface area contributed by atoms with Gasteiger partial charge < -0.3 is 9.32 Å². The van der Waals surface area contributed by atoms with Crippen LogP contribution in [0.3, 0.4) is 0 Å². The Bertz CT molecular complexity index is 656. The maximum absolute atomic E-state index is 12.4. The van der Waals surface area contributed by atoms with Crippen LogP contribution in [-0.4, -0.2) is 35.4 Å². The summed E-state index contributed by atoms with van der Waals surface area (Å²) in [6, 6.07) is 7.77. The van der Waals surface area contributed by atoms with Gasteiger partial charge in [-0.1, -0.05) is 0 Å². The van der Waals surface area contributed by atoms with Crippen molar-refractivity contribution < 1.29 is 9.21 Å². The first kappa shape index (κ1) is 13.5. The van der Waals surface area contributed by atoms with E-state index in [0.717, 1.165) is 44.0 Å². The molecule has 2 fully saturated rings. The Hall–Kier alpha value is -2.14. The first-order valence-electron chi connectivity index (χ1n) is 7.69. The summed E-state index contributed by atoms with van der Waals surface area (Å²) in [5.41, 5.74) is 0.994. The van der Waals surface area contributed by atoms with Gasteiger partial charge in [-0.15, -0.1) is 0 Å². The molecule has 2 aliphatic heterocycles. The van der Waals surface area contributed by atoms with Crippen LogP contribution in [0.25, 0.3) is 0 Å². The average Bonchev–Trinajstić information content (AvgIpc) is 3.23. The van der Waals surface area contributed by atoms with Gasteiger partial charge >= 0.3 is 0 Å². The molecule has 0 radical (unpaired) electrons. The van der Waals surface area contributed by atoms with Crippen molar-refractivity contribution in [3.8, 4) is 0 Å². The van der Waals surface area contributed by atoms with E-state index in [0.29, 0.717) is 6.42 Å². The topological polar surface area (TPSA) is 49.6 Å². The number of aromatic nitrogens is 1. The predicted octanol–water partition coefficient (Wildman–Crippen LogP) is 2.30. The fraction of sp³-hybridized carbons (Fsp3) is 0.412. The molecule has 0 bridgehead atoms. The van der Waals surface area contributed by atoms with Gasteiger partial charge in [0, 0.05) is 31.1 Å². The van der Waals surface area contributed by atoms with Crippen LogP contribution in [0, 0.1) is 5.41 Å². The number of hydrogen-bond acceptors (Lipinski definition) is 4. The second-order valence-corrected chi connectivity index (χ2v) is 6.41. The number of hydrogen-bond donors (Lipinski definition) is 0. The minimum atomic E-state index is 0.0829. The van der Waals surface area contributed by atoms with Gasteiger partial charge in [0.15, 0.2) is 0 Å². The number of carbonyl (C=O) groups excluding carboxylic acids is 1. The van der Waals surface area contributed by atoms with Crippen LogP contribution < -0.4 is 4.90 Å². The van der Waals surface area contributed by atoms with Gasteiger partial charge in [-0.05, 0) is 37.2 Å². The number of pyridine rings is 1. The molecule has 114 valence electrons. The lowest BCUT2D eigenvalue weighted by Gasteiger charge is -2.24. The van der Waals surface area contributed by atoms with Gasteiger partial charge in [-0.25, -0.2) is 0 Å². The maximum Gasteiger partial charge on any atom is 0.227 e. The van der Waals surface area contributed by atoms with E-state index in [-0.39, 0.29) is 11.3 Å². The summed E-state index contributed by atoms with van der Waals surface area (Å²) in [6.07, 6.45) is 6.92. The Morgan fingerprint density at radius 1 is 1.27 bits per heavy atom. The number of anilines is 1. The lowest BCUT2D eigenvalue weighted by atomic mass is 9.86. The Morgan fingerprint density at radius 2 is 2.23 bits per heavy atom. The van der Waals surface area contributed by atoms with Crippen molar-refractivity contribution in [3.05, 3.63) is 48.7 Å². The summed E-state index contributed by atoms with van der Waals surface area (Å²) in [6.45, 7) is 3.60. The van der Waals surface area contributed by atoms with Crippen molar-refractivity contribution >= 4 is 11.6 Å². The van der Waals surface area contributed by atoms with E-state index >= 15 is 0 Å². The number of nitrogens with zero attached hydrogens (tertiary/aromatic N) is 3. The molecule has 0 saturated carbocycles. The molecule has 1 amide bonds. The van der Waals surface area contributed by atoms with E-state index in [2.05, 4.69) is 9.88 Å². The number of carbonyl (C=O) groups is 1. The van der Waals surface area contributed by atoms with Gasteiger partial charge in [-0.2, -0.15) is 0 Å². The summed E-state index contributed by atoms with van der Waals surface area (Å²) in [5.74, 6) is 1.21. The summed E-state index contributed by atoms with van der Waals surface area (Å²) in [4.78, 5) is 20.8. The fourth-order valence-electron chi connectivity index (χ4n) is 3.70. The third-order valence-electron chi connectivity index (χ3n) is 4.76. The average molecular weight is 297 g/mol. The van der Waals surface area contributed by atoms with E-state index < -0.39 is 0 Å². The van der Waals surface area contributed by atoms with Crippen molar-refractivity contribution in [2.24, 2.45) is 5.41 Å². The van der Waals surface area contributed by atoms with Crippen molar-refractivity contribution in [2.45, 2.75) is 19.4 Å². The number of furan rings is 1. The lowest BCUT2D eigenvalue weighted by Crippen LogP contribution is -2.31. The van der Waals surface area contributed by atoms with Crippen LogP contribution in [-0.2, 0) is 11.3 Å². The molecule has 4 rings (SSSR count). The van der Waals surface area contributed by atoms with Crippen molar-refractivity contribution in [1.29, 1.82) is 0 Å². The van der Waals surface area contributed by atoms with Gasteiger partial charge in [-0.3, -0.25) is 14.7 Å². The van der Waals surface area contributed by atoms with E-state index in [1.807, 2.05) is 29.2 Å². The monoisotopic (exact) mass is 297 g/mol. The molecule has 2 aromatic rings. The molecule has 2 aliphatic rings. The van der Waals surface area contributed by atoms with Crippen LogP contribution in [0.15, 0.2) is 47.3 Å². The quantitative estimate of drug-likeness (QED) is 0.872. The highest BCUT2D eigenvalue weighted by Crippen LogP contribution is 2.42. The molecule has 1 atom stereocenters. The molecule has 1 spiro atoms. The van der Waals surface area contributed by atoms with Crippen molar-refractivity contribution in [2.75, 3.05) is 24.5 Å². The lowest BCUT2D eigenvalue weighted by molar-refractivity contribution is -0.117. The number of rotatable bonds is 3. The Kier molecular flexibility index (Phi) is 3.22. The molecular weight excluding hydrogens is 278 g/mol. The summed E-state index contributed by atoms with van der Waals surface area (Å²) in [5, 5.41) is 0. The second kappa shape index (κ2) is 5.25. The Morgan fingerprint density at radius 3 is 3.00 bits per heavy atom. The molecule has 5 heteroatoms. The largest absolute Gasteiger partial charge is 0.468 e. The second-order valence-electron chi connectivity index (χ2n) is 6.41. The first-order chi connectivity index (χ1) is 10.7. The van der Waals surface area contributed by atoms with Gasteiger partial charge in [0.1, 0.15) is 5.76 Å². The van der Waals surface area contributed by atoms with Crippen molar-refractivity contribution in [1.82, 2.24) is 9.88 Å². The van der Waals surface area contributed by atoms with Crippen LogP contribution in [0.1, 0.15) is 18.6 Å². The summed E-state index contributed by atoms with van der Waals surface area (Å²) in [7, 11) is 0. The third-order valence-corrected chi connectivity index (χ3v) is 4.76. The molecule has 2 saturated heterocycles. The standard InChI is InChI=1S/C17H19N3O2/c21-16-9-17(13-20(16)14-3-1-6-18-10-14)5-7-19(12-17)11-15-4-2-8-22-15/h1-4,6,8,10H,5,7,9,11-13H2/t17-/m0/s1. The third kappa shape index (κ3) is 2.41. The maximum atomic E-state index is 12.4. The fourth-order valence-corrected chi connectivity index (χ4v) is 3.70. The van der Waals surface area contributed by atoms with E-state index in [9.17, 15) is 4.79 Å². The number of amides is 1. The highest BCUT2D eigenvalue weighted by atomic mass is 16.3. The molecule has 0 aromatic carbocycles. The molecule has 0 aliphatic carbocycles. The van der Waals surface area contributed by atoms with Crippen molar-refractivity contribution in [3.63, 3.8) is 0 Å². The molecule has 4 heterocycles. The normalized spacial score (nSPS) is 25.5. The van der Waals surface area contributed by atoms with Gasteiger partial charge in [0.25, 0.3) is 0 Å². The zero-order valence-electron chi connectivity index (χ0n) is 12.4. The smallest absolute Gasteiger partial charge is 0.227 e. The number of likely N-dealkylation sites (tertiary alicyclic amines) is 1. The zero-order valence-corrected chi connectivity index (χ0v) is 12.4. The van der Waals surface area contributed by atoms with E-state index in [1.54, 1.807) is 18.7 Å². The van der Waals surface area contributed by atoms with Crippen LogP contribution in [0.2, 0.25) is 0 Å². The van der Waals surface area contributed by atoms with Gasteiger partial charge in [0.05, 0.1) is 24.7 Å². The molecule has 0 unspecified atom stereocenters. The van der Waals surface area contributed by atoms with Gasteiger partial charge in [0.2, 0.25) is 5.91 Å². The molecule has 2 aromatic heterocycles. The van der Waals surface area contributed by atoms with Crippen LogP contribution in [0.5, 0.6) is 0 Å². The molecule has 22 heavy (non-hydrogen) atoms. The minimum absolute atomic E-state index is 0.0829.